The summed E-state index contributed by atoms with van der Waals surface area (Å²) in [5, 5.41) is 0. The average Bonchev–Trinajstić information content (AvgIpc) is 2.64. The van der Waals surface area contributed by atoms with Crippen molar-refractivity contribution in [2.45, 2.75) is 38.9 Å². The standard InChI is InChI=1S/C21H28OSi/c1-4-23(5-2,6-3)22-18-17-21(19-13-9-7-10-14-19)20-15-11-8-12-16-20/h7-17H,4-6,18H2,1-3H3. The lowest BCUT2D eigenvalue weighted by atomic mass is 9.98. The summed E-state index contributed by atoms with van der Waals surface area (Å²) in [5.74, 6) is 0. The minimum Gasteiger partial charge on any atom is -0.413 e. The predicted octanol–water partition coefficient (Wildman–Crippen LogP) is 6.14. The van der Waals surface area contributed by atoms with Gasteiger partial charge in [0.2, 0.25) is 0 Å². The smallest absolute Gasteiger partial charge is 0.192 e. The Kier molecular flexibility index (Phi) is 6.81. The first-order chi connectivity index (χ1) is 11.2. The van der Waals surface area contributed by atoms with Crippen LogP contribution < -0.4 is 0 Å². The molecule has 0 atom stereocenters. The second-order valence-corrected chi connectivity index (χ2v) is 10.7. The van der Waals surface area contributed by atoms with Gasteiger partial charge in [0.25, 0.3) is 0 Å². The zero-order chi connectivity index (χ0) is 16.5. The molecule has 23 heavy (non-hydrogen) atoms. The van der Waals surface area contributed by atoms with E-state index in [4.69, 9.17) is 4.43 Å². The van der Waals surface area contributed by atoms with Crippen molar-refractivity contribution in [1.29, 1.82) is 0 Å². The SMILES string of the molecule is CC[Si](CC)(CC)OCC=C(c1ccccc1)c1ccccc1. The van der Waals surface area contributed by atoms with Crippen LogP contribution in [0.15, 0.2) is 66.7 Å². The molecule has 0 heterocycles. The molecule has 0 unspecified atom stereocenters. The van der Waals surface area contributed by atoms with Gasteiger partial charge in [-0.2, -0.15) is 0 Å². The minimum absolute atomic E-state index is 0.709. The highest BCUT2D eigenvalue weighted by Crippen LogP contribution is 2.25. The molecule has 2 aromatic rings. The molecule has 122 valence electrons. The number of hydrogen-bond acceptors (Lipinski definition) is 1. The Morgan fingerprint density at radius 2 is 1.22 bits per heavy atom. The number of rotatable bonds is 8. The van der Waals surface area contributed by atoms with Crippen LogP contribution in [0.3, 0.4) is 0 Å². The maximum absolute atomic E-state index is 6.41. The van der Waals surface area contributed by atoms with E-state index in [-0.39, 0.29) is 0 Å². The Hall–Kier alpha value is -1.64. The molecule has 0 spiro atoms. The van der Waals surface area contributed by atoms with Crippen molar-refractivity contribution < 1.29 is 4.43 Å². The van der Waals surface area contributed by atoms with Gasteiger partial charge in [-0.05, 0) is 34.8 Å². The summed E-state index contributed by atoms with van der Waals surface area (Å²) in [6, 6.07) is 24.8. The number of benzene rings is 2. The first kappa shape index (κ1) is 17.7. The Morgan fingerprint density at radius 3 is 1.61 bits per heavy atom. The first-order valence-corrected chi connectivity index (χ1v) is 11.2. The van der Waals surface area contributed by atoms with E-state index in [1.54, 1.807) is 0 Å². The molecule has 0 radical (unpaired) electrons. The van der Waals surface area contributed by atoms with E-state index in [1.807, 2.05) is 0 Å². The monoisotopic (exact) mass is 324 g/mol. The maximum Gasteiger partial charge on any atom is 0.192 e. The number of hydrogen-bond donors (Lipinski definition) is 0. The Balaban J connectivity index is 2.25. The third-order valence-electron chi connectivity index (χ3n) is 4.78. The van der Waals surface area contributed by atoms with E-state index in [9.17, 15) is 0 Å². The van der Waals surface area contributed by atoms with Gasteiger partial charge in [-0.15, -0.1) is 0 Å². The fourth-order valence-electron chi connectivity index (χ4n) is 3.00. The molecule has 2 rings (SSSR count). The molecular weight excluding hydrogens is 296 g/mol. The highest BCUT2D eigenvalue weighted by molar-refractivity contribution is 6.73. The van der Waals surface area contributed by atoms with Crippen LogP contribution in [0.2, 0.25) is 18.1 Å². The quantitative estimate of drug-likeness (QED) is 0.530. The zero-order valence-corrected chi connectivity index (χ0v) is 15.6. The fourth-order valence-corrected chi connectivity index (χ4v) is 5.55. The van der Waals surface area contributed by atoms with Crippen LogP contribution in [-0.2, 0) is 4.43 Å². The highest BCUT2D eigenvalue weighted by Gasteiger charge is 2.28. The third-order valence-corrected chi connectivity index (χ3v) is 9.42. The first-order valence-electron chi connectivity index (χ1n) is 8.69. The molecule has 2 aromatic carbocycles. The average molecular weight is 325 g/mol. The third kappa shape index (κ3) is 4.66. The topological polar surface area (TPSA) is 9.23 Å². The van der Waals surface area contributed by atoms with Gasteiger partial charge in [0.15, 0.2) is 8.32 Å². The van der Waals surface area contributed by atoms with E-state index < -0.39 is 8.32 Å². The van der Waals surface area contributed by atoms with Crippen molar-refractivity contribution in [3.63, 3.8) is 0 Å². The van der Waals surface area contributed by atoms with Crippen LogP contribution in [-0.4, -0.2) is 14.9 Å². The molecule has 0 aliphatic carbocycles. The van der Waals surface area contributed by atoms with E-state index in [1.165, 1.54) is 34.8 Å². The van der Waals surface area contributed by atoms with Crippen LogP contribution >= 0.6 is 0 Å². The van der Waals surface area contributed by atoms with Gasteiger partial charge in [0.05, 0.1) is 6.61 Å². The largest absolute Gasteiger partial charge is 0.413 e. The molecule has 0 saturated carbocycles. The van der Waals surface area contributed by atoms with Crippen LogP contribution in [0.25, 0.3) is 5.57 Å². The summed E-state index contributed by atoms with van der Waals surface area (Å²) >= 11 is 0. The molecule has 1 nitrogen and oxygen atoms in total. The summed E-state index contributed by atoms with van der Waals surface area (Å²) in [7, 11) is -1.53. The molecule has 0 aliphatic heterocycles. The summed E-state index contributed by atoms with van der Waals surface area (Å²) < 4.78 is 6.41. The van der Waals surface area contributed by atoms with Crippen LogP contribution in [0.5, 0.6) is 0 Å². The van der Waals surface area contributed by atoms with Crippen molar-refractivity contribution in [2.75, 3.05) is 6.61 Å². The molecule has 0 aromatic heterocycles. The normalized spacial score (nSPS) is 11.3. The molecule has 0 saturated heterocycles. The minimum atomic E-state index is -1.53. The van der Waals surface area contributed by atoms with Gasteiger partial charge in [-0.1, -0.05) is 87.5 Å². The molecule has 0 aliphatic rings. The Labute approximate surface area is 142 Å². The summed E-state index contributed by atoms with van der Waals surface area (Å²) in [6.45, 7) is 7.54. The van der Waals surface area contributed by atoms with E-state index >= 15 is 0 Å². The van der Waals surface area contributed by atoms with E-state index in [2.05, 4.69) is 87.5 Å². The van der Waals surface area contributed by atoms with Crippen molar-refractivity contribution in [3.8, 4) is 0 Å². The molecular formula is C21H28OSi. The Morgan fingerprint density at radius 1 is 0.783 bits per heavy atom. The van der Waals surface area contributed by atoms with Crippen molar-refractivity contribution in [2.24, 2.45) is 0 Å². The molecule has 0 amide bonds. The van der Waals surface area contributed by atoms with Crippen molar-refractivity contribution in [3.05, 3.63) is 77.9 Å². The van der Waals surface area contributed by atoms with E-state index in [0.717, 1.165) is 0 Å². The zero-order valence-electron chi connectivity index (χ0n) is 14.6. The van der Waals surface area contributed by atoms with Gasteiger partial charge in [-0.3, -0.25) is 0 Å². The molecule has 2 heteroatoms. The maximum atomic E-state index is 6.41. The van der Waals surface area contributed by atoms with Crippen molar-refractivity contribution in [1.82, 2.24) is 0 Å². The summed E-state index contributed by atoms with van der Waals surface area (Å²) in [4.78, 5) is 0. The second kappa shape index (κ2) is 8.85. The van der Waals surface area contributed by atoms with Gasteiger partial charge < -0.3 is 4.43 Å². The predicted molar refractivity (Wildman–Crippen MR) is 103 cm³/mol. The lowest BCUT2D eigenvalue weighted by molar-refractivity contribution is 0.343. The van der Waals surface area contributed by atoms with Crippen LogP contribution in [0, 0.1) is 0 Å². The second-order valence-electron chi connectivity index (χ2n) is 5.90. The van der Waals surface area contributed by atoms with Gasteiger partial charge in [-0.25, -0.2) is 0 Å². The summed E-state index contributed by atoms with van der Waals surface area (Å²) in [5.41, 5.74) is 3.76. The van der Waals surface area contributed by atoms with Gasteiger partial charge in [0, 0.05) is 0 Å². The van der Waals surface area contributed by atoms with Crippen LogP contribution in [0.4, 0.5) is 0 Å². The van der Waals surface area contributed by atoms with Gasteiger partial charge >= 0.3 is 0 Å². The molecule has 0 bridgehead atoms. The van der Waals surface area contributed by atoms with Gasteiger partial charge in [0.1, 0.15) is 0 Å². The summed E-state index contributed by atoms with van der Waals surface area (Å²) in [6.07, 6.45) is 2.26. The lowest BCUT2D eigenvalue weighted by Crippen LogP contribution is -2.35. The van der Waals surface area contributed by atoms with Crippen LogP contribution in [0.1, 0.15) is 31.9 Å². The Bertz CT molecular complexity index is 550. The lowest BCUT2D eigenvalue weighted by Gasteiger charge is -2.27. The van der Waals surface area contributed by atoms with Crippen molar-refractivity contribution >= 4 is 13.9 Å². The van der Waals surface area contributed by atoms with E-state index in [0.29, 0.717) is 6.61 Å². The highest BCUT2D eigenvalue weighted by atomic mass is 28.4. The molecule has 0 fully saturated rings. The molecule has 0 N–H and O–H groups in total. The fraction of sp³-hybridized carbons (Fsp3) is 0.333.